The number of carbonyl (C=O) groups excluding carboxylic acids is 1. The Bertz CT molecular complexity index is 633. The largest absolute Gasteiger partial charge is 0.416 e. The van der Waals surface area contributed by atoms with E-state index in [1.165, 1.54) is 23.1 Å². The summed E-state index contributed by atoms with van der Waals surface area (Å²) in [6.07, 6.45) is -0.989. The lowest BCUT2D eigenvalue weighted by molar-refractivity contribution is -0.137. The molecule has 3 nitrogen and oxygen atoms in total. The maximum atomic E-state index is 12.5. The van der Waals surface area contributed by atoms with Gasteiger partial charge in [-0.25, -0.2) is 0 Å². The molecule has 7 heteroatoms. The van der Waals surface area contributed by atoms with Crippen molar-refractivity contribution < 1.29 is 18.0 Å². The Morgan fingerprint density at radius 2 is 1.86 bits per heavy atom. The number of alkyl halides is 3. The molecule has 3 rings (SSSR count). The van der Waals surface area contributed by atoms with Crippen LogP contribution in [0.25, 0.3) is 6.08 Å². The molecule has 1 heterocycles. The number of amides is 1. The van der Waals surface area contributed by atoms with Crippen molar-refractivity contribution in [1.29, 1.82) is 0 Å². The molecule has 0 aromatic heterocycles. The SMILES string of the molecule is O=C1/C(=C\c2ccc(C(F)(F)F)cc2)NC(=S)N1C1CC1. The monoisotopic (exact) mass is 312 g/mol. The summed E-state index contributed by atoms with van der Waals surface area (Å²) in [5, 5.41) is 3.18. The third-order valence-corrected chi connectivity index (χ3v) is 3.67. The van der Waals surface area contributed by atoms with Crippen LogP contribution in [0.2, 0.25) is 0 Å². The first kappa shape index (κ1) is 14.1. The van der Waals surface area contributed by atoms with E-state index in [1.807, 2.05) is 0 Å². The Labute approximate surface area is 124 Å². The fourth-order valence-corrected chi connectivity index (χ4v) is 2.49. The van der Waals surface area contributed by atoms with E-state index >= 15 is 0 Å². The first-order valence-electron chi connectivity index (χ1n) is 6.40. The summed E-state index contributed by atoms with van der Waals surface area (Å²) in [6.45, 7) is 0. The molecule has 0 spiro atoms. The second-order valence-electron chi connectivity index (χ2n) is 5.01. The van der Waals surface area contributed by atoms with Crippen molar-refractivity contribution in [3.8, 4) is 0 Å². The molecule has 110 valence electrons. The summed E-state index contributed by atoms with van der Waals surface area (Å²) < 4.78 is 37.4. The highest BCUT2D eigenvalue weighted by molar-refractivity contribution is 7.80. The van der Waals surface area contributed by atoms with Crippen LogP contribution in [0.5, 0.6) is 0 Å². The second kappa shape index (κ2) is 4.84. The molecule has 1 amide bonds. The molecule has 2 fully saturated rings. The zero-order chi connectivity index (χ0) is 15.2. The Hall–Kier alpha value is -1.89. The maximum Gasteiger partial charge on any atom is 0.416 e. The van der Waals surface area contributed by atoms with Gasteiger partial charge in [0.1, 0.15) is 5.70 Å². The predicted octanol–water partition coefficient (Wildman–Crippen LogP) is 2.93. The number of carbonyl (C=O) groups is 1. The van der Waals surface area contributed by atoms with Crippen LogP contribution in [0, 0.1) is 0 Å². The van der Waals surface area contributed by atoms with E-state index < -0.39 is 11.7 Å². The van der Waals surface area contributed by atoms with Crippen LogP contribution in [-0.2, 0) is 11.0 Å². The van der Waals surface area contributed by atoms with E-state index in [0.717, 1.165) is 25.0 Å². The average molecular weight is 312 g/mol. The number of benzene rings is 1. The molecule has 1 aliphatic heterocycles. The van der Waals surface area contributed by atoms with Crippen LogP contribution in [0.15, 0.2) is 30.0 Å². The normalized spacial score (nSPS) is 21.1. The van der Waals surface area contributed by atoms with Gasteiger partial charge in [0.05, 0.1) is 5.56 Å². The van der Waals surface area contributed by atoms with Crippen LogP contribution in [0.4, 0.5) is 13.2 Å². The van der Waals surface area contributed by atoms with Crippen LogP contribution < -0.4 is 5.32 Å². The average Bonchev–Trinajstić information content (AvgIpc) is 3.18. The molecule has 1 aliphatic carbocycles. The Balaban J connectivity index is 1.82. The van der Waals surface area contributed by atoms with Crippen molar-refractivity contribution in [2.45, 2.75) is 25.1 Å². The van der Waals surface area contributed by atoms with E-state index in [9.17, 15) is 18.0 Å². The van der Waals surface area contributed by atoms with Crippen molar-refractivity contribution in [1.82, 2.24) is 10.2 Å². The van der Waals surface area contributed by atoms with Crippen molar-refractivity contribution in [3.63, 3.8) is 0 Å². The number of hydrogen-bond acceptors (Lipinski definition) is 2. The lowest BCUT2D eigenvalue weighted by atomic mass is 10.1. The van der Waals surface area contributed by atoms with Crippen molar-refractivity contribution >= 4 is 29.3 Å². The molecule has 0 bridgehead atoms. The van der Waals surface area contributed by atoms with E-state index in [0.29, 0.717) is 16.4 Å². The molecule has 0 unspecified atom stereocenters. The van der Waals surface area contributed by atoms with Gasteiger partial charge in [0.2, 0.25) is 0 Å². The minimum absolute atomic E-state index is 0.163. The van der Waals surface area contributed by atoms with Gasteiger partial charge < -0.3 is 5.32 Å². The highest BCUT2D eigenvalue weighted by Gasteiger charge is 2.41. The molecule has 0 atom stereocenters. The molecule has 1 aromatic carbocycles. The van der Waals surface area contributed by atoms with Gasteiger partial charge in [-0.1, -0.05) is 12.1 Å². The summed E-state index contributed by atoms with van der Waals surface area (Å²) in [4.78, 5) is 13.7. The van der Waals surface area contributed by atoms with Crippen molar-refractivity contribution in [2.75, 3.05) is 0 Å². The summed E-state index contributed by atoms with van der Waals surface area (Å²) >= 11 is 5.10. The van der Waals surface area contributed by atoms with Gasteiger partial charge in [-0.2, -0.15) is 13.2 Å². The quantitative estimate of drug-likeness (QED) is 0.673. The van der Waals surface area contributed by atoms with Gasteiger partial charge in [-0.15, -0.1) is 0 Å². The number of nitrogens with one attached hydrogen (secondary N) is 1. The molecule has 1 saturated carbocycles. The minimum atomic E-state index is -4.36. The Morgan fingerprint density at radius 1 is 1.24 bits per heavy atom. The lowest BCUT2D eigenvalue weighted by Gasteiger charge is -2.11. The first-order chi connectivity index (χ1) is 9.86. The Kier molecular flexibility index (Phi) is 3.24. The van der Waals surface area contributed by atoms with Crippen LogP contribution >= 0.6 is 12.2 Å². The van der Waals surface area contributed by atoms with Crippen molar-refractivity contribution in [2.24, 2.45) is 0 Å². The smallest absolute Gasteiger partial charge is 0.328 e. The zero-order valence-electron chi connectivity index (χ0n) is 10.8. The molecule has 1 saturated heterocycles. The topological polar surface area (TPSA) is 32.3 Å². The summed E-state index contributed by atoms with van der Waals surface area (Å²) in [6, 6.07) is 4.79. The summed E-state index contributed by atoms with van der Waals surface area (Å²) in [7, 11) is 0. The fourth-order valence-electron chi connectivity index (χ4n) is 2.15. The second-order valence-corrected chi connectivity index (χ2v) is 5.40. The van der Waals surface area contributed by atoms with E-state index in [1.54, 1.807) is 0 Å². The minimum Gasteiger partial charge on any atom is -0.328 e. The van der Waals surface area contributed by atoms with Crippen LogP contribution in [0.3, 0.4) is 0 Å². The number of nitrogens with zero attached hydrogens (tertiary/aromatic N) is 1. The van der Waals surface area contributed by atoms with Crippen LogP contribution in [-0.4, -0.2) is 22.0 Å². The standard InChI is InChI=1S/C14H11F3N2OS/c15-14(16,17)9-3-1-8(2-4-9)7-11-12(20)19(10-5-6-10)13(21)18-11/h1-4,7,10H,5-6H2,(H,18,21)/b11-7+. The molecule has 21 heavy (non-hydrogen) atoms. The molecule has 0 radical (unpaired) electrons. The summed E-state index contributed by atoms with van der Waals surface area (Å²) in [5.74, 6) is -0.220. The van der Waals surface area contributed by atoms with E-state index in [4.69, 9.17) is 12.2 Å². The predicted molar refractivity (Wildman–Crippen MR) is 75.0 cm³/mol. The van der Waals surface area contributed by atoms with E-state index in [-0.39, 0.29) is 11.9 Å². The number of hydrogen-bond donors (Lipinski definition) is 1. The molecule has 2 aliphatic rings. The summed E-state index contributed by atoms with van der Waals surface area (Å²) in [5.41, 5.74) is 0.0939. The third kappa shape index (κ3) is 2.78. The highest BCUT2D eigenvalue weighted by Crippen LogP contribution is 2.32. The van der Waals surface area contributed by atoms with Gasteiger partial charge in [-0.3, -0.25) is 9.69 Å². The zero-order valence-corrected chi connectivity index (χ0v) is 11.6. The van der Waals surface area contributed by atoms with E-state index in [2.05, 4.69) is 5.32 Å². The first-order valence-corrected chi connectivity index (χ1v) is 6.80. The van der Waals surface area contributed by atoms with Gasteiger partial charge in [0, 0.05) is 6.04 Å². The molecular weight excluding hydrogens is 301 g/mol. The van der Waals surface area contributed by atoms with Crippen molar-refractivity contribution in [3.05, 3.63) is 41.1 Å². The molecular formula is C14H11F3N2OS. The number of thiocarbonyl (C=S) groups is 1. The molecule has 1 N–H and O–H groups in total. The van der Waals surface area contributed by atoms with Gasteiger partial charge >= 0.3 is 6.18 Å². The lowest BCUT2D eigenvalue weighted by Crippen LogP contribution is -2.32. The molecule has 1 aromatic rings. The van der Waals surface area contributed by atoms with Gasteiger partial charge in [0.15, 0.2) is 5.11 Å². The number of rotatable bonds is 2. The Morgan fingerprint density at radius 3 is 2.38 bits per heavy atom. The third-order valence-electron chi connectivity index (χ3n) is 3.37. The highest BCUT2D eigenvalue weighted by atomic mass is 32.1. The maximum absolute atomic E-state index is 12.5. The van der Waals surface area contributed by atoms with Gasteiger partial charge in [-0.05, 0) is 48.8 Å². The van der Waals surface area contributed by atoms with Crippen LogP contribution in [0.1, 0.15) is 24.0 Å². The van der Waals surface area contributed by atoms with Gasteiger partial charge in [0.25, 0.3) is 5.91 Å². The fraction of sp³-hybridized carbons (Fsp3) is 0.286. The number of halogens is 3.